The first-order valence-corrected chi connectivity index (χ1v) is 8.24. The first-order valence-electron chi connectivity index (χ1n) is 8.24. The van der Waals surface area contributed by atoms with Gasteiger partial charge < -0.3 is 9.73 Å². The third-order valence-electron chi connectivity index (χ3n) is 5.41. The lowest BCUT2D eigenvalue weighted by Crippen LogP contribution is -2.53. The van der Waals surface area contributed by atoms with E-state index in [0.29, 0.717) is 11.7 Å². The fraction of sp³-hybridized carbons (Fsp3) is 0.333. The molecule has 2 aromatic heterocycles. The summed E-state index contributed by atoms with van der Waals surface area (Å²) in [7, 11) is 2.04. The Morgan fingerprint density at radius 1 is 1.38 bits per heavy atom. The van der Waals surface area contributed by atoms with Crippen molar-refractivity contribution in [2.45, 2.75) is 24.5 Å². The van der Waals surface area contributed by atoms with Gasteiger partial charge in [0.1, 0.15) is 11.5 Å². The zero-order valence-corrected chi connectivity index (χ0v) is 13.3. The monoisotopic (exact) mass is 322 g/mol. The quantitative estimate of drug-likeness (QED) is 0.722. The number of nitrogens with zero attached hydrogens (tertiary/aromatic N) is 2. The van der Waals surface area contributed by atoms with Gasteiger partial charge in [0.25, 0.3) is 0 Å². The number of furan rings is 1. The lowest BCUT2D eigenvalue weighted by Gasteiger charge is -2.30. The summed E-state index contributed by atoms with van der Waals surface area (Å²) in [4.78, 5) is 15.2. The van der Waals surface area contributed by atoms with Crippen LogP contribution >= 0.6 is 0 Å². The van der Waals surface area contributed by atoms with Crippen LogP contribution < -0.4 is 5.32 Å². The summed E-state index contributed by atoms with van der Waals surface area (Å²) in [5.74, 6) is 0.894. The molecular formula is C18H18N4O2. The molecule has 2 saturated heterocycles. The van der Waals surface area contributed by atoms with E-state index in [9.17, 15) is 4.79 Å². The van der Waals surface area contributed by atoms with E-state index in [1.54, 1.807) is 6.26 Å². The van der Waals surface area contributed by atoms with Crippen molar-refractivity contribution < 1.29 is 9.21 Å². The van der Waals surface area contributed by atoms with Crippen molar-refractivity contribution in [3.05, 3.63) is 42.3 Å². The van der Waals surface area contributed by atoms with Crippen molar-refractivity contribution in [2.24, 2.45) is 0 Å². The van der Waals surface area contributed by atoms with Crippen molar-refractivity contribution in [3.63, 3.8) is 0 Å². The minimum atomic E-state index is -0.125. The molecule has 2 aliphatic heterocycles. The number of piperazine rings is 1. The summed E-state index contributed by atoms with van der Waals surface area (Å²) in [6.07, 6.45) is 2.69. The maximum absolute atomic E-state index is 13.1. The number of fused-ring (bicyclic) bond motifs is 3. The SMILES string of the molecule is CN1C(C(=O)c2n[nH]c3cc(-c4ccco4)ccc23)[C@H]2C[C@H]1CN2. The van der Waals surface area contributed by atoms with Gasteiger partial charge >= 0.3 is 0 Å². The van der Waals surface area contributed by atoms with Crippen molar-refractivity contribution in [1.29, 1.82) is 0 Å². The van der Waals surface area contributed by atoms with Crippen molar-refractivity contribution in [2.75, 3.05) is 13.6 Å². The van der Waals surface area contributed by atoms with Crippen LogP contribution in [0.1, 0.15) is 16.9 Å². The van der Waals surface area contributed by atoms with E-state index in [-0.39, 0.29) is 17.9 Å². The summed E-state index contributed by atoms with van der Waals surface area (Å²) in [5.41, 5.74) is 2.35. The van der Waals surface area contributed by atoms with Gasteiger partial charge in [0.15, 0.2) is 0 Å². The molecule has 1 unspecified atom stereocenters. The summed E-state index contributed by atoms with van der Waals surface area (Å²) < 4.78 is 5.44. The number of rotatable bonds is 3. The fourth-order valence-electron chi connectivity index (χ4n) is 4.12. The Morgan fingerprint density at radius 3 is 3.04 bits per heavy atom. The summed E-state index contributed by atoms with van der Waals surface area (Å²) >= 11 is 0. The van der Waals surface area contributed by atoms with Crippen LogP contribution in [0, 0.1) is 0 Å². The van der Waals surface area contributed by atoms with E-state index in [0.717, 1.165) is 35.2 Å². The highest BCUT2D eigenvalue weighted by molar-refractivity contribution is 6.09. The lowest BCUT2D eigenvalue weighted by molar-refractivity contribution is 0.0811. The molecule has 2 bridgehead atoms. The Hall–Kier alpha value is -2.44. The molecule has 2 N–H and O–H groups in total. The molecule has 5 rings (SSSR count). The molecule has 0 spiro atoms. The second-order valence-electron chi connectivity index (χ2n) is 6.69. The van der Waals surface area contributed by atoms with Crippen LogP contribution in [-0.2, 0) is 0 Å². The second-order valence-corrected chi connectivity index (χ2v) is 6.69. The minimum Gasteiger partial charge on any atom is -0.464 e. The van der Waals surface area contributed by atoms with E-state index in [1.807, 2.05) is 37.4 Å². The third-order valence-corrected chi connectivity index (χ3v) is 5.41. The Morgan fingerprint density at radius 2 is 2.29 bits per heavy atom. The molecule has 2 aliphatic rings. The first-order chi connectivity index (χ1) is 11.7. The first kappa shape index (κ1) is 13.9. The standard InChI is InChI=1S/C18H18N4O2/c1-22-11-8-14(19-9-11)17(22)18(23)16-12-5-4-10(7-13(12)20-21-16)15-3-2-6-24-15/h2-7,11,14,17,19H,8-9H2,1H3,(H,20,21)/t11-,14+,17?/m0/s1. The van der Waals surface area contributed by atoms with Gasteiger partial charge in [-0.1, -0.05) is 6.07 Å². The molecule has 0 amide bonds. The number of nitrogens with one attached hydrogen (secondary N) is 2. The fourth-order valence-corrected chi connectivity index (χ4v) is 4.12. The number of carbonyl (C=O) groups excluding carboxylic acids is 1. The number of ketones is 1. The molecule has 3 atom stereocenters. The number of hydrogen-bond acceptors (Lipinski definition) is 5. The van der Waals surface area contributed by atoms with E-state index >= 15 is 0 Å². The van der Waals surface area contributed by atoms with E-state index in [4.69, 9.17) is 4.42 Å². The Balaban J connectivity index is 1.52. The Kier molecular flexibility index (Phi) is 2.92. The zero-order valence-electron chi connectivity index (χ0n) is 13.3. The van der Waals surface area contributed by atoms with Gasteiger partial charge in [-0.2, -0.15) is 5.10 Å². The van der Waals surface area contributed by atoms with E-state index < -0.39 is 0 Å². The summed E-state index contributed by atoms with van der Waals surface area (Å²) in [6.45, 7) is 0.971. The van der Waals surface area contributed by atoms with Crippen molar-refractivity contribution >= 4 is 16.7 Å². The highest BCUT2D eigenvalue weighted by atomic mass is 16.3. The van der Waals surface area contributed by atoms with Gasteiger partial charge in [-0.3, -0.25) is 14.8 Å². The van der Waals surface area contributed by atoms with Gasteiger partial charge in [-0.15, -0.1) is 0 Å². The minimum absolute atomic E-state index is 0.0919. The number of likely N-dealkylation sites (tertiary alicyclic amines) is 1. The van der Waals surface area contributed by atoms with Crippen molar-refractivity contribution in [1.82, 2.24) is 20.4 Å². The number of Topliss-reactive ketones (excluding diaryl/α,β-unsaturated/α-hetero) is 1. The number of aromatic nitrogens is 2. The summed E-state index contributed by atoms with van der Waals surface area (Å²) in [6, 6.07) is 10.2. The molecule has 0 radical (unpaired) electrons. The number of carbonyl (C=O) groups is 1. The molecule has 3 aromatic rings. The molecule has 4 heterocycles. The van der Waals surface area contributed by atoms with Crippen LogP contribution in [0.4, 0.5) is 0 Å². The lowest BCUT2D eigenvalue weighted by atomic mass is 10.00. The topological polar surface area (TPSA) is 74.2 Å². The Bertz CT molecular complexity index is 912. The predicted octanol–water partition coefficient (Wildman–Crippen LogP) is 2.05. The van der Waals surface area contributed by atoms with E-state index in [2.05, 4.69) is 20.4 Å². The zero-order chi connectivity index (χ0) is 16.3. The molecule has 0 saturated carbocycles. The van der Waals surface area contributed by atoms with Crippen LogP contribution in [0.5, 0.6) is 0 Å². The Labute approximate surface area is 138 Å². The number of benzene rings is 1. The molecule has 122 valence electrons. The maximum atomic E-state index is 13.1. The molecule has 0 aliphatic carbocycles. The number of likely N-dealkylation sites (N-methyl/N-ethyl adjacent to an activating group) is 1. The number of aromatic amines is 1. The second kappa shape index (κ2) is 5.03. The molecular weight excluding hydrogens is 304 g/mol. The largest absolute Gasteiger partial charge is 0.464 e. The predicted molar refractivity (Wildman–Crippen MR) is 89.9 cm³/mol. The molecule has 24 heavy (non-hydrogen) atoms. The summed E-state index contributed by atoms with van der Waals surface area (Å²) in [5, 5.41) is 11.6. The van der Waals surface area contributed by atoms with Crippen molar-refractivity contribution in [3.8, 4) is 11.3 Å². The molecule has 2 fully saturated rings. The maximum Gasteiger partial charge on any atom is 0.202 e. The van der Waals surface area contributed by atoms with Gasteiger partial charge in [0.05, 0.1) is 17.8 Å². The molecule has 1 aromatic carbocycles. The van der Waals surface area contributed by atoms with Gasteiger partial charge in [0.2, 0.25) is 5.78 Å². The average Bonchev–Trinajstić information content (AvgIpc) is 3.36. The smallest absolute Gasteiger partial charge is 0.202 e. The van der Waals surface area contributed by atoms with Crippen LogP contribution in [-0.4, -0.2) is 52.6 Å². The average molecular weight is 322 g/mol. The number of hydrogen-bond donors (Lipinski definition) is 2. The van der Waals surface area contributed by atoms with Gasteiger partial charge in [-0.05, 0) is 37.7 Å². The third kappa shape index (κ3) is 1.90. The molecule has 6 nitrogen and oxygen atoms in total. The number of H-pyrrole nitrogens is 1. The van der Waals surface area contributed by atoms with Crippen LogP contribution in [0.2, 0.25) is 0 Å². The van der Waals surface area contributed by atoms with Crippen LogP contribution in [0.3, 0.4) is 0 Å². The van der Waals surface area contributed by atoms with Crippen LogP contribution in [0.25, 0.3) is 22.2 Å². The normalized spacial score (nSPS) is 26.5. The highest BCUT2D eigenvalue weighted by Gasteiger charge is 2.48. The molecule has 6 heteroatoms. The van der Waals surface area contributed by atoms with Gasteiger partial charge in [0, 0.05) is 29.6 Å². The highest BCUT2D eigenvalue weighted by Crippen LogP contribution is 2.32. The van der Waals surface area contributed by atoms with Gasteiger partial charge in [-0.25, -0.2) is 0 Å². The van der Waals surface area contributed by atoms with E-state index in [1.165, 1.54) is 0 Å². The van der Waals surface area contributed by atoms with Crippen LogP contribution in [0.15, 0.2) is 41.0 Å².